The lowest BCUT2D eigenvalue weighted by Gasteiger charge is -2.20. The molecule has 0 atom stereocenters. The Morgan fingerprint density at radius 3 is 2.43 bits per heavy atom. The van der Waals surface area contributed by atoms with Crippen LogP contribution >= 0.6 is 11.6 Å². The van der Waals surface area contributed by atoms with E-state index >= 15 is 0 Å². The van der Waals surface area contributed by atoms with E-state index in [2.05, 4.69) is 12.2 Å². The van der Waals surface area contributed by atoms with Gasteiger partial charge in [-0.3, -0.25) is 4.79 Å². The highest BCUT2D eigenvalue weighted by molar-refractivity contribution is 6.19. The third-order valence-corrected chi connectivity index (χ3v) is 2.93. The fourth-order valence-electron chi connectivity index (χ4n) is 1.05. The Kier molecular flexibility index (Phi) is 6.98. The van der Waals surface area contributed by atoms with Crippen LogP contribution in [0.15, 0.2) is 0 Å². The standard InChI is InChI=1S/C11H22ClNO/c1-4-5-6-7-8-13-10(14)11(2,3)9-12/h4-9H2,1-3H3,(H,13,14). The maximum Gasteiger partial charge on any atom is 0.226 e. The molecule has 84 valence electrons. The summed E-state index contributed by atoms with van der Waals surface area (Å²) in [6.07, 6.45) is 4.73. The summed E-state index contributed by atoms with van der Waals surface area (Å²) in [4.78, 5) is 11.5. The zero-order valence-corrected chi connectivity index (χ0v) is 10.3. The van der Waals surface area contributed by atoms with Crippen LogP contribution in [0.4, 0.5) is 0 Å². The van der Waals surface area contributed by atoms with Crippen LogP contribution < -0.4 is 5.32 Å². The molecule has 0 aliphatic heterocycles. The summed E-state index contributed by atoms with van der Waals surface area (Å²) in [5.41, 5.74) is -0.438. The van der Waals surface area contributed by atoms with Crippen molar-refractivity contribution in [3.63, 3.8) is 0 Å². The van der Waals surface area contributed by atoms with Crippen molar-refractivity contribution in [3.05, 3.63) is 0 Å². The highest BCUT2D eigenvalue weighted by Gasteiger charge is 2.25. The lowest BCUT2D eigenvalue weighted by atomic mass is 9.95. The monoisotopic (exact) mass is 219 g/mol. The molecule has 0 aromatic heterocycles. The van der Waals surface area contributed by atoms with Crippen molar-refractivity contribution in [1.29, 1.82) is 0 Å². The Labute approximate surface area is 92.4 Å². The molecule has 0 radical (unpaired) electrons. The predicted octanol–water partition coefficient (Wildman–Crippen LogP) is 2.95. The minimum Gasteiger partial charge on any atom is -0.356 e. The minimum absolute atomic E-state index is 0.0593. The third kappa shape index (κ3) is 5.48. The van der Waals surface area contributed by atoms with Crippen LogP contribution in [-0.2, 0) is 4.79 Å². The van der Waals surface area contributed by atoms with Crippen molar-refractivity contribution < 1.29 is 4.79 Å². The second kappa shape index (κ2) is 7.10. The summed E-state index contributed by atoms with van der Waals surface area (Å²) in [7, 11) is 0. The largest absolute Gasteiger partial charge is 0.356 e. The molecule has 1 N–H and O–H groups in total. The molecule has 0 aromatic carbocycles. The van der Waals surface area contributed by atoms with Crippen LogP contribution in [-0.4, -0.2) is 18.3 Å². The number of carbonyl (C=O) groups excluding carboxylic acids is 1. The van der Waals surface area contributed by atoms with Gasteiger partial charge in [0.1, 0.15) is 0 Å². The lowest BCUT2D eigenvalue weighted by Crippen LogP contribution is -2.38. The molecule has 0 saturated carbocycles. The fraction of sp³-hybridized carbons (Fsp3) is 0.909. The SMILES string of the molecule is CCCCCCNC(=O)C(C)(C)CCl. The molecule has 0 aromatic rings. The van der Waals surface area contributed by atoms with Crippen LogP contribution in [0.3, 0.4) is 0 Å². The van der Waals surface area contributed by atoms with E-state index in [0.717, 1.165) is 13.0 Å². The number of nitrogens with one attached hydrogen (secondary N) is 1. The van der Waals surface area contributed by atoms with E-state index in [1.807, 2.05) is 13.8 Å². The number of hydrogen-bond acceptors (Lipinski definition) is 1. The number of hydrogen-bond donors (Lipinski definition) is 1. The van der Waals surface area contributed by atoms with Gasteiger partial charge in [0, 0.05) is 12.4 Å². The molecule has 3 heteroatoms. The normalized spacial score (nSPS) is 11.4. The van der Waals surface area contributed by atoms with Gasteiger partial charge in [0.25, 0.3) is 0 Å². The van der Waals surface area contributed by atoms with Crippen LogP contribution in [0.5, 0.6) is 0 Å². The second-order valence-electron chi connectivity index (χ2n) is 4.33. The number of rotatable bonds is 7. The van der Waals surface area contributed by atoms with E-state index in [-0.39, 0.29) is 5.91 Å². The Bertz CT molecular complexity index is 169. The summed E-state index contributed by atoms with van der Waals surface area (Å²) in [5.74, 6) is 0.428. The maximum absolute atomic E-state index is 11.5. The van der Waals surface area contributed by atoms with Crippen LogP contribution in [0.25, 0.3) is 0 Å². The van der Waals surface area contributed by atoms with Gasteiger partial charge in [0.05, 0.1) is 5.41 Å². The zero-order valence-electron chi connectivity index (χ0n) is 9.53. The molecule has 0 unspecified atom stereocenters. The van der Waals surface area contributed by atoms with Gasteiger partial charge < -0.3 is 5.32 Å². The molecule has 0 heterocycles. The van der Waals surface area contributed by atoms with Crippen molar-refractivity contribution >= 4 is 17.5 Å². The molecule has 0 bridgehead atoms. The number of alkyl halides is 1. The summed E-state index contributed by atoms with van der Waals surface area (Å²) < 4.78 is 0. The van der Waals surface area contributed by atoms with E-state index < -0.39 is 5.41 Å². The van der Waals surface area contributed by atoms with Gasteiger partial charge in [0.15, 0.2) is 0 Å². The summed E-state index contributed by atoms with van der Waals surface area (Å²) in [5, 5.41) is 2.91. The van der Waals surface area contributed by atoms with Gasteiger partial charge in [-0.05, 0) is 20.3 Å². The average molecular weight is 220 g/mol. The van der Waals surface area contributed by atoms with E-state index in [4.69, 9.17) is 11.6 Å². The summed E-state index contributed by atoms with van der Waals surface area (Å²) >= 11 is 5.69. The lowest BCUT2D eigenvalue weighted by molar-refractivity contribution is -0.128. The molecular weight excluding hydrogens is 198 g/mol. The molecule has 0 aliphatic carbocycles. The Morgan fingerprint density at radius 2 is 1.93 bits per heavy atom. The Morgan fingerprint density at radius 1 is 1.29 bits per heavy atom. The van der Waals surface area contributed by atoms with Gasteiger partial charge in [0.2, 0.25) is 5.91 Å². The highest BCUT2D eigenvalue weighted by atomic mass is 35.5. The van der Waals surface area contributed by atoms with Gasteiger partial charge in [-0.15, -0.1) is 11.6 Å². The van der Waals surface area contributed by atoms with Crippen molar-refractivity contribution in [2.24, 2.45) is 5.41 Å². The van der Waals surface area contributed by atoms with E-state index in [1.54, 1.807) is 0 Å². The molecule has 14 heavy (non-hydrogen) atoms. The van der Waals surface area contributed by atoms with Crippen molar-refractivity contribution in [2.75, 3.05) is 12.4 Å². The van der Waals surface area contributed by atoms with Gasteiger partial charge in [-0.1, -0.05) is 26.2 Å². The molecule has 0 spiro atoms. The number of amides is 1. The molecule has 0 saturated heterocycles. The Hall–Kier alpha value is -0.240. The molecular formula is C11H22ClNO. The van der Waals surface area contributed by atoms with Crippen LogP contribution in [0.1, 0.15) is 46.5 Å². The van der Waals surface area contributed by atoms with Crippen LogP contribution in [0, 0.1) is 5.41 Å². The van der Waals surface area contributed by atoms with Gasteiger partial charge >= 0.3 is 0 Å². The molecule has 0 aliphatic rings. The fourth-order valence-corrected chi connectivity index (χ4v) is 1.18. The Balaban J connectivity index is 3.54. The molecule has 2 nitrogen and oxygen atoms in total. The third-order valence-electron chi connectivity index (χ3n) is 2.26. The van der Waals surface area contributed by atoms with Crippen molar-refractivity contribution in [3.8, 4) is 0 Å². The topological polar surface area (TPSA) is 29.1 Å². The minimum atomic E-state index is -0.438. The smallest absolute Gasteiger partial charge is 0.226 e. The molecule has 0 rings (SSSR count). The quantitative estimate of drug-likeness (QED) is 0.518. The zero-order chi connectivity index (χ0) is 11.0. The predicted molar refractivity (Wildman–Crippen MR) is 61.7 cm³/mol. The average Bonchev–Trinajstić information content (AvgIpc) is 2.17. The van der Waals surface area contributed by atoms with Crippen LogP contribution in [0.2, 0.25) is 0 Å². The number of unbranched alkanes of at least 4 members (excludes halogenated alkanes) is 3. The number of carbonyl (C=O) groups is 1. The molecule has 1 amide bonds. The summed E-state index contributed by atoms with van der Waals surface area (Å²) in [6.45, 7) is 6.68. The number of halogens is 1. The van der Waals surface area contributed by atoms with Gasteiger partial charge in [-0.25, -0.2) is 0 Å². The first kappa shape index (κ1) is 13.8. The van der Waals surface area contributed by atoms with Gasteiger partial charge in [-0.2, -0.15) is 0 Å². The van der Waals surface area contributed by atoms with Crippen molar-refractivity contribution in [1.82, 2.24) is 5.32 Å². The summed E-state index contributed by atoms with van der Waals surface area (Å²) in [6, 6.07) is 0. The first-order valence-electron chi connectivity index (χ1n) is 5.39. The second-order valence-corrected chi connectivity index (χ2v) is 4.60. The van der Waals surface area contributed by atoms with E-state index in [1.165, 1.54) is 19.3 Å². The van der Waals surface area contributed by atoms with E-state index in [9.17, 15) is 4.79 Å². The maximum atomic E-state index is 11.5. The first-order valence-corrected chi connectivity index (χ1v) is 5.92. The highest BCUT2D eigenvalue weighted by Crippen LogP contribution is 2.16. The van der Waals surface area contributed by atoms with Crippen molar-refractivity contribution in [2.45, 2.75) is 46.5 Å². The first-order chi connectivity index (χ1) is 6.54. The molecule has 0 fully saturated rings. The van der Waals surface area contributed by atoms with E-state index in [0.29, 0.717) is 5.88 Å².